The van der Waals surface area contributed by atoms with Crippen molar-refractivity contribution in [2.24, 2.45) is 0 Å². The Balaban J connectivity index is 4.42. The molecule has 0 unspecified atom stereocenters. The molecule has 7 nitrogen and oxygen atoms in total. The van der Waals surface area contributed by atoms with Crippen LogP contribution in [0.2, 0.25) is 0 Å². The summed E-state index contributed by atoms with van der Waals surface area (Å²) >= 11 is 0. The van der Waals surface area contributed by atoms with E-state index in [4.69, 9.17) is 14.6 Å². The highest BCUT2D eigenvalue weighted by Crippen LogP contribution is 2.11. The number of ether oxygens (including phenoxy) is 2. The summed E-state index contributed by atoms with van der Waals surface area (Å²) in [6.45, 7) is 10.2. The number of carbonyl (C=O) groups excluding carboxylic acids is 2. The number of nitrogens with one attached hydrogen (secondary N) is 1. The van der Waals surface area contributed by atoms with E-state index < -0.39 is 35.3 Å². The van der Waals surface area contributed by atoms with Gasteiger partial charge in [0.1, 0.15) is 17.2 Å². The standard InChI is InChI=1S/C14H25NO6/c1-13(2,3)20-10(16)8-7-9(11(17)18)15-12(19)21-14(4,5)6/h9H,7-8H2,1-6H3,(H,15,19)(H,17,18)/t9-/m0/s1. The number of amides is 1. The molecule has 2 N–H and O–H groups in total. The first-order chi connectivity index (χ1) is 9.30. The van der Waals surface area contributed by atoms with Crippen LogP contribution in [0, 0.1) is 0 Å². The molecule has 0 rings (SSSR count). The fraction of sp³-hybridized carbons (Fsp3) is 0.786. The van der Waals surface area contributed by atoms with E-state index in [-0.39, 0.29) is 12.8 Å². The summed E-state index contributed by atoms with van der Waals surface area (Å²) in [5, 5.41) is 11.3. The third-order valence-corrected chi connectivity index (χ3v) is 2.05. The predicted molar refractivity (Wildman–Crippen MR) is 75.9 cm³/mol. The van der Waals surface area contributed by atoms with Crippen molar-refractivity contribution in [1.29, 1.82) is 0 Å². The number of hydrogen-bond acceptors (Lipinski definition) is 5. The van der Waals surface area contributed by atoms with Gasteiger partial charge in [0, 0.05) is 6.42 Å². The zero-order valence-electron chi connectivity index (χ0n) is 13.5. The molecule has 0 saturated heterocycles. The molecule has 0 bridgehead atoms. The molecule has 7 heteroatoms. The van der Waals surface area contributed by atoms with Gasteiger partial charge in [-0.3, -0.25) is 4.79 Å². The molecule has 0 aliphatic rings. The van der Waals surface area contributed by atoms with Crippen LogP contribution in [-0.4, -0.2) is 40.4 Å². The largest absolute Gasteiger partial charge is 0.480 e. The van der Waals surface area contributed by atoms with E-state index in [0.29, 0.717) is 0 Å². The Kier molecular flexibility index (Phi) is 6.66. The number of carboxylic acids is 1. The predicted octanol–water partition coefficient (Wildman–Crippen LogP) is 2.09. The Morgan fingerprint density at radius 1 is 1.00 bits per heavy atom. The molecule has 1 atom stereocenters. The molecule has 0 aliphatic carbocycles. The lowest BCUT2D eigenvalue weighted by atomic mass is 10.1. The van der Waals surface area contributed by atoms with Crippen molar-refractivity contribution in [3.05, 3.63) is 0 Å². The van der Waals surface area contributed by atoms with Gasteiger partial charge < -0.3 is 19.9 Å². The van der Waals surface area contributed by atoms with E-state index in [1.165, 1.54) is 0 Å². The lowest BCUT2D eigenvalue weighted by Crippen LogP contribution is -2.43. The summed E-state index contributed by atoms with van der Waals surface area (Å²) in [6.07, 6.45) is -1.01. The van der Waals surface area contributed by atoms with Crippen LogP contribution in [0.3, 0.4) is 0 Å². The lowest BCUT2D eigenvalue weighted by molar-refractivity contribution is -0.155. The average Bonchev–Trinajstić information content (AvgIpc) is 2.18. The van der Waals surface area contributed by atoms with Crippen molar-refractivity contribution < 1.29 is 29.0 Å². The van der Waals surface area contributed by atoms with E-state index in [9.17, 15) is 14.4 Å². The van der Waals surface area contributed by atoms with Crippen molar-refractivity contribution in [3.63, 3.8) is 0 Å². The van der Waals surface area contributed by atoms with Gasteiger partial charge in [0.15, 0.2) is 0 Å². The maximum Gasteiger partial charge on any atom is 0.408 e. The summed E-state index contributed by atoms with van der Waals surface area (Å²) in [6, 6.07) is -1.20. The van der Waals surface area contributed by atoms with Gasteiger partial charge in [0.05, 0.1) is 0 Å². The fourth-order valence-electron chi connectivity index (χ4n) is 1.36. The van der Waals surface area contributed by atoms with Crippen LogP contribution in [0.1, 0.15) is 54.4 Å². The minimum atomic E-state index is -1.23. The van der Waals surface area contributed by atoms with Gasteiger partial charge in [-0.15, -0.1) is 0 Å². The number of alkyl carbamates (subject to hydrolysis) is 1. The number of carboxylic acid groups (broad SMARTS) is 1. The molecular formula is C14H25NO6. The molecule has 122 valence electrons. The Labute approximate surface area is 125 Å². The van der Waals surface area contributed by atoms with Crippen LogP contribution in [0.5, 0.6) is 0 Å². The molecule has 0 saturated carbocycles. The van der Waals surface area contributed by atoms with Crippen LogP contribution in [0.15, 0.2) is 0 Å². The summed E-state index contributed by atoms with van der Waals surface area (Å²) in [5.41, 5.74) is -1.35. The molecule has 0 radical (unpaired) electrons. The van der Waals surface area contributed by atoms with Gasteiger partial charge in [-0.1, -0.05) is 0 Å². The van der Waals surface area contributed by atoms with Crippen LogP contribution in [0.4, 0.5) is 4.79 Å². The normalized spacial score (nSPS) is 13.2. The van der Waals surface area contributed by atoms with Crippen molar-refractivity contribution in [3.8, 4) is 0 Å². The zero-order valence-corrected chi connectivity index (χ0v) is 13.5. The summed E-state index contributed by atoms with van der Waals surface area (Å²) in [4.78, 5) is 34.2. The van der Waals surface area contributed by atoms with Crippen LogP contribution in [0.25, 0.3) is 0 Å². The zero-order chi connectivity index (χ0) is 16.8. The molecule has 0 aromatic carbocycles. The van der Waals surface area contributed by atoms with Gasteiger partial charge in [-0.25, -0.2) is 9.59 Å². The van der Waals surface area contributed by atoms with Gasteiger partial charge in [-0.05, 0) is 48.0 Å². The van der Waals surface area contributed by atoms with Crippen LogP contribution in [-0.2, 0) is 19.1 Å². The average molecular weight is 303 g/mol. The number of esters is 1. The van der Waals surface area contributed by atoms with Crippen molar-refractivity contribution in [2.75, 3.05) is 0 Å². The third kappa shape index (κ3) is 10.6. The molecule has 1 amide bonds. The van der Waals surface area contributed by atoms with Gasteiger partial charge >= 0.3 is 18.0 Å². The van der Waals surface area contributed by atoms with Crippen LogP contribution >= 0.6 is 0 Å². The monoisotopic (exact) mass is 303 g/mol. The van der Waals surface area contributed by atoms with Gasteiger partial charge in [0.25, 0.3) is 0 Å². The second-order valence-electron chi connectivity index (χ2n) is 6.66. The first-order valence-electron chi connectivity index (χ1n) is 6.74. The number of hydrogen-bond donors (Lipinski definition) is 2. The molecular weight excluding hydrogens is 278 g/mol. The number of rotatable bonds is 5. The highest BCUT2D eigenvalue weighted by Gasteiger charge is 2.25. The highest BCUT2D eigenvalue weighted by atomic mass is 16.6. The van der Waals surface area contributed by atoms with E-state index in [1.54, 1.807) is 41.5 Å². The van der Waals surface area contributed by atoms with Crippen molar-refractivity contribution >= 4 is 18.0 Å². The quantitative estimate of drug-likeness (QED) is 0.754. The fourth-order valence-corrected chi connectivity index (χ4v) is 1.36. The lowest BCUT2D eigenvalue weighted by Gasteiger charge is -2.22. The second kappa shape index (κ2) is 7.28. The number of carbonyl (C=O) groups is 3. The van der Waals surface area contributed by atoms with Crippen LogP contribution < -0.4 is 5.32 Å². The maximum absolute atomic E-state index is 11.5. The van der Waals surface area contributed by atoms with E-state index in [2.05, 4.69) is 5.32 Å². The highest BCUT2D eigenvalue weighted by molar-refractivity contribution is 5.81. The molecule has 21 heavy (non-hydrogen) atoms. The molecule has 0 heterocycles. The summed E-state index contributed by atoms with van der Waals surface area (Å²) in [7, 11) is 0. The minimum Gasteiger partial charge on any atom is -0.480 e. The molecule has 0 aliphatic heterocycles. The summed E-state index contributed by atoms with van der Waals surface area (Å²) < 4.78 is 10.1. The topological polar surface area (TPSA) is 102 Å². The molecule has 0 spiro atoms. The van der Waals surface area contributed by atoms with Gasteiger partial charge in [-0.2, -0.15) is 0 Å². The Morgan fingerprint density at radius 2 is 1.48 bits per heavy atom. The minimum absolute atomic E-state index is 0.0660. The van der Waals surface area contributed by atoms with E-state index in [1.807, 2.05) is 0 Å². The molecule has 0 aromatic rings. The SMILES string of the molecule is CC(C)(C)OC(=O)CC[C@H](NC(=O)OC(C)(C)C)C(=O)O. The van der Waals surface area contributed by atoms with E-state index >= 15 is 0 Å². The van der Waals surface area contributed by atoms with Crippen molar-refractivity contribution in [1.82, 2.24) is 5.32 Å². The van der Waals surface area contributed by atoms with Crippen molar-refractivity contribution in [2.45, 2.75) is 71.6 Å². The summed E-state index contributed by atoms with van der Waals surface area (Å²) in [5.74, 6) is -1.75. The third-order valence-electron chi connectivity index (χ3n) is 2.05. The number of aliphatic carboxylic acids is 1. The van der Waals surface area contributed by atoms with E-state index in [0.717, 1.165) is 0 Å². The second-order valence-corrected chi connectivity index (χ2v) is 6.66. The Hall–Kier alpha value is -1.79. The molecule has 0 fully saturated rings. The first-order valence-corrected chi connectivity index (χ1v) is 6.74. The van der Waals surface area contributed by atoms with Gasteiger partial charge in [0.2, 0.25) is 0 Å². The molecule has 0 aromatic heterocycles. The Morgan fingerprint density at radius 3 is 1.86 bits per heavy atom. The maximum atomic E-state index is 11.5. The Bertz CT molecular complexity index is 391. The smallest absolute Gasteiger partial charge is 0.408 e. The first kappa shape index (κ1) is 19.2.